The van der Waals surface area contributed by atoms with E-state index in [9.17, 15) is 9.59 Å². The van der Waals surface area contributed by atoms with Crippen molar-refractivity contribution >= 4 is 12.0 Å². The highest BCUT2D eigenvalue weighted by Gasteiger charge is 2.18. The first kappa shape index (κ1) is 14.9. The predicted octanol–water partition coefficient (Wildman–Crippen LogP) is -0.725. The minimum atomic E-state index is -1.14. The Balaban J connectivity index is 2.43. The Morgan fingerprint density at radius 1 is 1.58 bits per heavy atom. The van der Waals surface area contributed by atoms with Crippen LogP contribution in [0.5, 0.6) is 0 Å². The molecule has 1 rings (SSSR count). The molecule has 9 heteroatoms. The highest BCUT2D eigenvalue weighted by atomic mass is 16.5. The minimum Gasteiger partial charge on any atom is -0.479 e. The SMILES string of the molecule is COC(CNC(=O)NC(C)c1nncn1C)C(=O)O. The maximum absolute atomic E-state index is 11.6. The van der Waals surface area contributed by atoms with Crippen molar-refractivity contribution in [1.29, 1.82) is 0 Å². The Morgan fingerprint density at radius 3 is 2.74 bits per heavy atom. The van der Waals surface area contributed by atoms with E-state index in [1.165, 1.54) is 13.4 Å². The molecule has 2 unspecified atom stereocenters. The molecule has 0 aliphatic carbocycles. The standard InChI is InChI=1S/C10H17N5O4/c1-6(8-14-12-5-15(8)2)13-10(18)11-4-7(19-3)9(16)17/h5-7H,4H2,1-3H3,(H,16,17)(H2,11,13,18). The lowest BCUT2D eigenvalue weighted by atomic mass is 10.3. The summed E-state index contributed by atoms with van der Waals surface area (Å²) >= 11 is 0. The molecule has 0 saturated carbocycles. The zero-order chi connectivity index (χ0) is 14.4. The van der Waals surface area contributed by atoms with Crippen LogP contribution in [0.25, 0.3) is 0 Å². The van der Waals surface area contributed by atoms with Gasteiger partial charge in [0.15, 0.2) is 11.9 Å². The number of carbonyl (C=O) groups excluding carboxylic acids is 1. The van der Waals surface area contributed by atoms with E-state index >= 15 is 0 Å². The van der Waals surface area contributed by atoms with Crippen LogP contribution in [0, 0.1) is 0 Å². The molecule has 0 saturated heterocycles. The summed E-state index contributed by atoms with van der Waals surface area (Å²) in [5, 5.41) is 21.3. The second-order valence-electron chi connectivity index (χ2n) is 3.94. The van der Waals surface area contributed by atoms with Gasteiger partial charge >= 0.3 is 12.0 Å². The quantitative estimate of drug-likeness (QED) is 0.628. The number of aryl methyl sites for hydroxylation is 1. The lowest BCUT2D eigenvalue weighted by Crippen LogP contribution is -2.43. The smallest absolute Gasteiger partial charge is 0.334 e. The molecule has 19 heavy (non-hydrogen) atoms. The number of urea groups is 1. The van der Waals surface area contributed by atoms with E-state index in [0.717, 1.165) is 0 Å². The number of methoxy groups -OCH3 is 1. The van der Waals surface area contributed by atoms with Crippen molar-refractivity contribution in [2.24, 2.45) is 7.05 Å². The second-order valence-corrected chi connectivity index (χ2v) is 3.94. The van der Waals surface area contributed by atoms with E-state index in [-0.39, 0.29) is 12.6 Å². The van der Waals surface area contributed by atoms with Gasteiger partial charge < -0.3 is 25.0 Å². The number of nitrogens with zero attached hydrogens (tertiary/aromatic N) is 3. The molecule has 0 spiro atoms. The third-order valence-corrected chi connectivity index (χ3v) is 2.49. The number of aromatic nitrogens is 3. The van der Waals surface area contributed by atoms with Crippen LogP contribution in [-0.4, -0.2) is 51.6 Å². The fourth-order valence-electron chi connectivity index (χ4n) is 1.45. The second kappa shape index (κ2) is 6.69. The topological polar surface area (TPSA) is 118 Å². The van der Waals surface area contributed by atoms with Gasteiger partial charge in [-0.3, -0.25) is 0 Å². The lowest BCUT2D eigenvalue weighted by molar-refractivity contribution is -0.147. The van der Waals surface area contributed by atoms with E-state index in [4.69, 9.17) is 5.11 Å². The van der Waals surface area contributed by atoms with Crippen LogP contribution >= 0.6 is 0 Å². The molecule has 0 radical (unpaired) electrons. The molecule has 0 aromatic carbocycles. The molecule has 1 aromatic heterocycles. The molecule has 2 atom stereocenters. The minimum absolute atomic E-state index is 0.122. The molecule has 2 amide bonds. The summed E-state index contributed by atoms with van der Waals surface area (Å²) in [7, 11) is 3.03. The Kier molecular flexibility index (Phi) is 5.24. The van der Waals surface area contributed by atoms with E-state index in [1.54, 1.807) is 18.5 Å². The third-order valence-electron chi connectivity index (χ3n) is 2.49. The van der Waals surface area contributed by atoms with E-state index in [1.807, 2.05) is 0 Å². The highest BCUT2D eigenvalue weighted by molar-refractivity contribution is 5.77. The zero-order valence-corrected chi connectivity index (χ0v) is 11.0. The van der Waals surface area contributed by atoms with Crippen LogP contribution < -0.4 is 10.6 Å². The number of carboxylic acid groups (broad SMARTS) is 1. The summed E-state index contributed by atoms with van der Waals surface area (Å²) in [6.45, 7) is 1.62. The molecular weight excluding hydrogens is 254 g/mol. The van der Waals surface area contributed by atoms with Gasteiger partial charge in [0.2, 0.25) is 0 Å². The molecule has 106 valence electrons. The number of rotatable bonds is 6. The van der Waals surface area contributed by atoms with Gasteiger partial charge in [-0.2, -0.15) is 0 Å². The van der Waals surface area contributed by atoms with Crippen LogP contribution in [0.4, 0.5) is 4.79 Å². The number of hydrogen-bond acceptors (Lipinski definition) is 5. The molecule has 0 fully saturated rings. The Labute approximate surface area is 110 Å². The monoisotopic (exact) mass is 271 g/mol. The number of carboxylic acids is 1. The largest absolute Gasteiger partial charge is 0.479 e. The average molecular weight is 271 g/mol. The molecule has 9 nitrogen and oxygen atoms in total. The third kappa shape index (κ3) is 4.21. The lowest BCUT2D eigenvalue weighted by Gasteiger charge is -2.15. The van der Waals surface area contributed by atoms with Crippen molar-refractivity contribution in [2.45, 2.75) is 19.1 Å². The Bertz CT molecular complexity index is 447. The van der Waals surface area contributed by atoms with E-state index in [0.29, 0.717) is 5.82 Å². The molecule has 1 aromatic rings. The van der Waals surface area contributed by atoms with Crippen molar-refractivity contribution in [3.8, 4) is 0 Å². The fourth-order valence-corrected chi connectivity index (χ4v) is 1.45. The summed E-state index contributed by atoms with van der Waals surface area (Å²) in [6.07, 6.45) is 0.451. The molecule has 0 aliphatic rings. The molecule has 0 bridgehead atoms. The van der Waals surface area contributed by atoms with E-state index in [2.05, 4.69) is 25.6 Å². The summed E-state index contributed by atoms with van der Waals surface area (Å²) in [4.78, 5) is 22.3. The van der Waals surface area contributed by atoms with Crippen LogP contribution in [0.2, 0.25) is 0 Å². The number of ether oxygens (including phenoxy) is 1. The van der Waals surface area contributed by atoms with E-state index < -0.39 is 18.1 Å². The average Bonchev–Trinajstić information content (AvgIpc) is 2.75. The number of amides is 2. The van der Waals surface area contributed by atoms with Crippen molar-refractivity contribution in [3.63, 3.8) is 0 Å². The molecule has 3 N–H and O–H groups in total. The first-order chi connectivity index (χ1) is 8.95. The highest BCUT2D eigenvalue weighted by Crippen LogP contribution is 2.06. The number of aliphatic carboxylic acids is 1. The van der Waals surface area contributed by atoms with Gasteiger partial charge in [-0.1, -0.05) is 0 Å². The van der Waals surface area contributed by atoms with Gasteiger partial charge in [0, 0.05) is 14.2 Å². The summed E-state index contributed by atoms with van der Waals surface area (Å²) in [5.41, 5.74) is 0. The number of hydrogen-bond donors (Lipinski definition) is 3. The molecule has 1 heterocycles. The van der Waals surface area contributed by atoms with Crippen molar-refractivity contribution < 1.29 is 19.4 Å². The number of carbonyl (C=O) groups is 2. The van der Waals surface area contributed by atoms with Crippen LogP contribution in [-0.2, 0) is 16.6 Å². The summed E-state index contributed by atoms with van der Waals surface area (Å²) < 4.78 is 6.37. The van der Waals surface area contributed by atoms with Gasteiger partial charge in [-0.05, 0) is 6.92 Å². The van der Waals surface area contributed by atoms with Gasteiger partial charge in [0.05, 0.1) is 12.6 Å². The maximum Gasteiger partial charge on any atom is 0.334 e. The van der Waals surface area contributed by atoms with Crippen molar-refractivity contribution in [1.82, 2.24) is 25.4 Å². The zero-order valence-electron chi connectivity index (χ0n) is 11.0. The number of nitrogens with one attached hydrogen (secondary N) is 2. The van der Waals surface area contributed by atoms with Gasteiger partial charge in [-0.25, -0.2) is 9.59 Å². The Morgan fingerprint density at radius 2 is 2.26 bits per heavy atom. The summed E-state index contributed by atoms with van der Waals surface area (Å²) in [5.74, 6) is -0.541. The van der Waals surface area contributed by atoms with Crippen LogP contribution in [0.15, 0.2) is 6.33 Å². The van der Waals surface area contributed by atoms with Crippen LogP contribution in [0.3, 0.4) is 0 Å². The van der Waals surface area contributed by atoms with Gasteiger partial charge in [-0.15, -0.1) is 10.2 Å². The Hall–Kier alpha value is -2.16. The molecular formula is C10H17N5O4. The fraction of sp³-hybridized carbons (Fsp3) is 0.600. The van der Waals surface area contributed by atoms with Crippen molar-refractivity contribution in [2.75, 3.05) is 13.7 Å². The summed E-state index contributed by atoms with van der Waals surface area (Å²) in [6, 6.07) is -0.850. The molecule has 0 aliphatic heterocycles. The van der Waals surface area contributed by atoms with Crippen LogP contribution in [0.1, 0.15) is 18.8 Å². The normalized spacial score (nSPS) is 13.6. The predicted molar refractivity (Wildman–Crippen MR) is 64.4 cm³/mol. The van der Waals surface area contributed by atoms with Gasteiger partial charge in [0.1, 0.15) is 6.33 Å². The first-order valence-electron chi connectivity index (χ1n) is 5.59. The maximum atomic E-state index is 11.6. The van der Waals surface area contributed by atoms with Crippen molar-refractivity contribution in [3.05, 3.63) is 12.2 Å². The van der Waals surface area contributed by atoms with Gasteiger partial charge in [0.25, 0.3) is 0 Å². The first-order valence-corrected chi connectivity index (χ1v) is 5.59.